The first kappa shape index (κ1) is 20.7. The van der Waals surface area contributed by atoms with Gasteiger partial charge in [-0.25, -0.2) is 0 Å². The van der Waals surface area contributed by atoms with Gasteiger partial charge >= 0.3 is 0 Å². The number of anilines is 1. The minimum absolute atomic E-state index is 0.00522. The molecule has 1 aliphatic carbocycles. The number of nitrogens with zero attached hydrogens (tertiary/aromatic N) is 1. The first-order chi connectivity index (χ1) is 15.2. The lowest BCUT2D eigenvalue weighted by atomic mass is 9.67. The van der Waals surface area contributed by atoms with Crippen molar-refractivity contribution in [2.75, 3.05) is 5.32 Å². The summed E-state index contributed by atoms with van der Waals surface area (Å²) >= 11 is 3.23. The van der Waals surface area contributed by atoms with Crippen LogP contribution in [0.15, 0.2) is 58.6 Å². The van der Waals surface area contributed by atoms with Gasteiger partial charge in [0.05, 0.1) is 15.4 Å². The highest BCUT2D eigenvalue weighted by Gasteiger charge is 2.42. The number of halogens is 1. The summed E-state index contributed by atoms with van der Waals surface area (Å²) in [4.78, 5) is 24.4. The summed E-state index contributed by atoms with van der Waals surface area (Å²) in [7, 11) is 0. The van der Waals surface area contributed by atoms with E-state index in [1.165, 1.54) is 12.1 Å². The summed E-state index contributed by atoms with van der Waals surface area (Å²) in [6.07, 6.45) is 1.07. The highest BCUT2D eigenvalue weighted by atomic mass is 79.9. The Kier molecular flexibility index (Phi) is 4.64. The van der Waals surface area contributed by atoms with Crippen LogP contribution >= 0.6 is 15.9 Å². The molecule has 3 aromatic carbocycles. The third kappa shape index (κ3) is 3.19. The maximum atomic E-state index is 13.5. The molecular weight excluding hydrogens is 472 g/mol. The Morgan fingerprint density at radius 2 is 1.91 bits per heavy atom. The van der Waals surface area contributed by atoms with Crippen molar-refractivity contribution in [3.63, 3.8) is 0 Å². The number of allylic oxidation sites excluding steroid dienone is 1. The van der Waals surface area contributed by atoms with E-state index in [1.807, 2.05) is 36.4 Å². The number of non-ortho nitro benzene ring substituents is 1. The molecule has 1 heterocycles. The topological polar surface area (TPSA) is 92.5 Å². The van der Waals surface area contributed by atoms with Crippen LogP contribution in [0.3, 0.4) is 0 Å². The number of nitro groups is 1. The summed E-state index contributed by atoms with van der Waals surface area (Å²) in [6.45, 7) is 4.16. The molecule has 0 bridgehead atoms. The number of hydrogen-bond acceptors (Lipinski definition) is 5. The van der Waals surface area contributed by atoms with Crippen molar-refractivity contribution in [2.24, 2.45) is 5.41 Å². The lowest BCUT2D eigenvalue weighted by molar-refractivity contribution is -0.385. The summed E-state index contributed by atoms with van der Waals surface area (Å²) < 4.78 is 0.221. The van der Waals surface area contributed by atoms with Gasteiger partial charge < -0.3 is 10.4 Å². The quantitative estimate of drug-likeness (QED) is 0.313. The summed E-state index contributed by atoms with van der Waals surface area (Å²) in [6, 6.07) is 14.0. The van der Waals surface area contributed by atoms with E-state index in [-0.39, 0.29) is 27.1 Å². The smallest absolute Gasteiger partial charge is 0.271 e. The second-order valence-corrected chi connectivity index (χ2v) is 10.1. The Bertz CT molecular complexity index is 1360. The molecule has 6 nitrogen and oxygen atoms in total. The number of ketones is 1. The minimum atomic E-state index is -0.682. The Morgan fingerprint density at radius 1 is 1.16 bits per heavy atom. The lowest BCUT2D eigenvalue weighted by Crippen LogP contribution is -2.33. The maximum Gasteiger partial charge on any atom is 0.271 e. The van der Waals surface area contributed by atoms with Crippen molar-refractivity contribution < 1.29 is 14.8 Å². The van der Waals surface area contributed by atoms with E-state index in [0.717, 1.165) is 27.6 Å². The number of benzene rings is 3. The van der Waals surface area contributed by atoms with Crippen LogP contribution in [0.2, 0.25) is 0 Å². The monoisotopic (exact) mass is 492 g/mol. The standard InChI is InChI=1S/C25H21BrN2O4/c1-25(2)11-17-21-15-6-4-3-5-13(15)7-8-19(21)27-23(22(17)20(29)12-25)16-9-14(28(31)32)10-18(26)24(16)30/h3-10,23,27,30H,11-12H2,1-2H3/t23-/m1/s1. The number of aromatic hydroxyl groups is 1. The van der Waals surface area contributed by atoms with Gasteiger partial charge in [0.2, 0.25) is 0 Å². The molecule has 0 saturated carbocycles. The minimum Gasteiger partial charge on any atom is -0.506 e. The van der Waals surface area contributed by atoms with Gasteiger partial charge in [-0.2, -0.15) is 0 Å². The molecule has 0 aromatic heterocycles. The van der Waals surface area contributed by atoms with Crippen molar-refractivity contribution in [1.82, 2.24) is 0 Å². The number of rotatable bonds is 2. The van der Waals surface area contributed by atoms with Crippen molar-refractivity contribution >= 4 is 49.4 Å². The fourth-order valence-electron chi connectivity index (χ4n) is 5.00. The average Bonchev–Trinajstić information content (AvgIpc) is 2.73. The third-order valence-electron chi connectivity index (χ3n) is 6.34. The Balaban J connectivity index is 1.82. The molecule has 0 unspecified atom stereocenters. The number of nitrogens with one attached hydrogen (secondary N) is 1. The lowest BCUT2D eigenvalue weighted by Gasteiger charge is -2.40. The van der Waals surface area contributed by atoms with Crippen LogP contribution in [-0.4, -0.2) is 15.8 Å². The number of phenols is 1. The summed E-state index contributed by atoms with van der Waals surface area (Å²) in [5.41, 5.74) is 3.32. The number of carbonyl (C=O) groups excluding carboxylic acids is 1. The molecule has 0 amide bonds. The number of phenolic OH excluding ortho intramolecular Hbond substituents is 1. The number of hydrogen-bond donors (Lipinski definition) is 2. The Morgan fingerprint density at radius 3 is 2.66 bits per heavy atom. The molecule has 1 atom stereocenters. The van der Waals surface area contributed by atoms with Crippen molar-refractivity contribution in [2.45, 2.75) is 32.7 Å². The summed E-state index contributed by atoms with van der Waals surface area (Å²) in [5, 5.41) is 27.8. The largest absolute Gasteiger partial charge is 0.506 e. The predicted octanol–water partition coefficient (Wildman–Crippen LogP) is 6.53. The van der Waals surface area contributed by atoms with E-state index in [1.54, 1.807) is 0 Å². The zero-order chi connectivity index (χ0) is 22.8. The van der Waals surface area contributed by atoms with Crippen LogP contribution < -0.4 is 5.32 Å². The normalized spacial score (nSPS) is 19.3. The fraction of sp³-hybridized carbons (Fsp3) is 0.240. The van der Waals surface area contributed by atoms with Crippen LogP contribution in [0.5, 0.6) is 5.75 Å². The van der Waals surface area contributed by atoms with Crippen LogP contribution in [0.4, 0.5) is 11.4 Å². The number of carbonyl (C=O) groups is 1. The number of Topliss-reactive ketones (excluding diaryl/α,β-unsaturated/α-hetero) is 1. The maximum absolute atomic E-state index is 13.5. The van der Waals surface area contributed by atoms with Gasteiger partial charge in [-0.3, -0.25) is 14.9 Å². The van der Waals surface area contributed by atoms with E-state index < -0.39 is 11.0 Å². The number of nitro benzene ring substituents is 1. The third-order valence-corrected chi connectivity index (χ3v) is 6.94. The van der Waals surface area contributed by atoms with E-state index >= 15 is 0 Å². The zero-order valence-corrected chi connectivity index (χ0v) is 19.2. The highest BCUT2D eigenvalue weighted by molar-refractivity contribution is 9.10. The van der Waals surface area contributed by atoms with Gasteiger partial charge in [-0.1, -0.05) is 44.2 Å². The molecule has 32 heavy (non-hydrogen) atoms. The Hall–Kier alpha value is -3.19. The SMILES string of the molecule is CC1(C)CC(=O)C2=C(C1)c1c(ccc3ccccc13)N[C@@H]2c1cc([N+](=O)[O-])cc(Br)c1O. The molecule has 2 aliphatic rings. The Labute approximate surface area is 193 Å². The van der Waals surface area contributed by atoms with E-state index in [9.17, 15) is 20.0 Å². The second kappa shape index (κ2) is 7.17. The van der Waals surface area contributed by atoms with Crippen molar-refractivity contribution in [1.29, 1.82) is 0 Å². The first-order valence-electron chi connectivity index (χ1n) is 10.4. The molecule has 5 rings (SSSR count). The average molecular weight is 493 g/mol. The van der Waals surface area contributed by atoms with Crippen LogP contribution in [0.1, 0.15) is 43.9 Å². The van der Waals surface area contributed by atoms with Crippen LogP contribution in [0, 0.1) is 15.5 Å². The first-order valence-corrected chi connectivity index (χ1v) is 11.2. The van der Waals surface area contributed by atoms with Gasteiger partial charge in [-0.05, 0) is 50.2 Å². The van der Waals surface area contributed by atoms with Crippen molar-refractivity contribution in [3.05, 3.63) is 79.8 Å². The van der Waals surface area contributed by atoms with Crippen LogP contribution in [-0.2, 0) is 4.79 Å². The predicted molar refractivity (Wildman–Crippen MR) is 128 cm³/mol. The molecule has 0 radical (unpaired) electrons. The van der Waals surface area contributed by atoms with Gasteiger partial charge in [0, 0.05) is 40.9 Å². The second-order valence-electron chi connectivity index (χ2n) is 9.24. The number of fused-ring (bicyclic) bond motifs is 4. The highest BCUT2D eigenvalue weighted by Crippen LogP contribution is 2.53. The zero-order valence-electron chi connectivity index (χ0n) is 17.6. The van der Waals surface area contributed by atoms with Gasteiger partial charge in [-0.15, -0.1) is 0 Å². The molecular formula is C25H21BrN2O4. The molecule has 7 heteroatoms. The van der Waals surface area contributed by atoms with Gasteiger partial charge in [0.15, 0.2) is 5.78 Å². The molecule has 0 saturated heterocycles. The van der Waals surface area contributed by atoms with E-state index in [0.29, 0.717) is 24.0 Å². The molecule has 2 N–H and O–H groups in total. The van der Waals surface area contributed by atoms with Gasteiger partial charge in [0.1, 0.15) is 5.75 Å². The molecule has 1 aliphatic heterocycles. The fourth-order valence-corrected chi connectivity index (χ4v) is 5.46. The summed E-state index contributed by atoms with van der Waals surface area (Å²) in [5.74, 6) is -0.115. The molecule has 0 fully saturated rings. The van der Waals surface area contributed by atoms with Crippen LogP contribution in [0.25, 0.3) is 16.3 Å². The molecule has 162 valence electrons. The van der Waals surface area contributed by atoms with E-state index in [4.69, 9.17) is 0 Å². The molecule has 3 aromatic rings. The molecule has 0 spiro atoms. The van der Waals surface area contributed by atoms with Crippen molar-refractivity contribution in [3.8, 4) is 5.75 Å². The van der Waals surface area contributed by atoms with E-state index in [2.05, 4.69) is 35.1 Å². The van der Waals surface area contributed by atoms with Gasteiger partial charge in [0.25, 0.3) is 5.69 Å².